The second-order valence-corrected chi connectivity index (χ2v) is 2.70. The topological polar surface area (TPSA) is 9.23 Å². The summed E-state index contributed by atoms with van der Waals surface area (Å²) >= 11 is 0. The quantitative estimate of drug-likeness (QED) is 0.683. The Balaban J connectivity index is 2.46. The normalized spacial score (nSPS) is 11.1. The number of alkyl halides is 3. The maximum atomic E-state index is 11.9. The summed E-state index contributed by atoms with van der Waals surface area (Å²) < 4.78 is 40.3. The van der Waals surface area contributed by atoms with E-state index in [1.165, 1.54) is 0 Å². The molecule has 0 aliphatic heterocycles. The van der Waals surface area contributed by atoms with Crippen molar-refractivity contribution in [2.24, 2.45) is 0 Å². The zero-order valence-electron chi connectivity index (χ0n) is 7.34. The molecule has 1 nitrogen and oxygen atoms in total. The van der Waals surface area contributed by atoms with Crippen molar-refractivity contribution in [2.75, 3.05) is 0 Å². The molecule has 0 saturated heterocycles. The largest absolute Gasteiger partial charge is 0.485 e. The van der Waals surface area contributed by atoms with Gasteiger partial charge < -0.3 is 4.74 Å². The van der Waals surface area contributed by atoms with Gasteiger partial charge in [0.1, 0.15) is 6.61 Å². The maximum absolute atomic E-state index is 11.9. The number of hydrogen-bond donors (Lipinski definition) is 0. The first-order chi connectivity index (χ1) is 6.50. The molecule has 0 aromatic heterocycles. The molecule has 0 heterocycles. The van der Waals surface area contributed by atoms with Crippen LogP contribution in [0.3, 0.4) is 0 Å². The van der Waals surface area contributed by atoms with Crippen LogP contribution in [0.5, 0.6) is 0 Å². The third-order valence-electron chi connectivity index (χ3n) is 1.57. The van der Waals surface area contributed by atoms with E-state index in [9.17, 15) is 13.2 Å². The summed E-state index contributed by atoms with van der Waals surface area (Å²) in [6, 6.07) is 8.61. The van der Waals surface area contributed by atoms with E-state index in [0.717, 1.165) is 0 Å². The lowest BCUT2D eigenvalue weighted by Gasteiger charge is -2.11. The molecule has 0 aliphatic rings. The van der Waals surface area contributed by atoms with Gasteiger partial charge in [-0.1, -0.05) is 36.9 Å². The van der Waals surface area contributed by atoms with Crippen LogP contribution in [0.4, 0.5) is 13.2 Å². The molecular formula is C10H9F3O. The van der Waals surface area contributed by atoms with Gasteiger partial charge in [0.05, 0.1) is 0 Å². The Bertz CT molecular complexity index is 303. The van der Waals surface area contributed by atoms with Crippen LogP contribution >= 0.6 is 0 Å². The molecule has 0 saturated carbocycles. The van der Waals surface area contributed by atoms with Gasteiger partial charge in [-0.05, 0) is 5.56 Å². The monoisotopic (exact) mass is 202 g/mol. The minimum atomic E-state index is -4.48. The molecule has 0 bridgehead atoms. The number of halogens is 3. The third kappa shape index (κ3) is 3.12. The van der Waals surface area contributed by atoms with Gasteiger partial charge in [0, 0.05) is 0 Å². The van der Waals surface area contributed by atoms with Crippen LogP contribution in [0.1, 0.15) is 5.56 Å². The summed E-state index contributed by atoms with van der Waals surface area (Å²) in [5.41, 5.74) is 0.679. The van der Waals surface area contributed by atoms with Gasteiger partial charge in [-0.3, -0.25) is 0 Å². The number of allylic oxidation sites excluding steroid dienone is 1. The molecule has 0 amide bonds. The van der Waals surface area contributed by atoms with E-state index in [4.69, 9.17) is 0 Å². The summed E-state index contributed by atoms with van der Waals surface area (Å²) in [7, 11) is 0. The summed E-state index contributed by atoms with van der Waals surface area (Å²) in [5, 5.41) is 0. The van der Waals surface area contributed by atoms with Crippen molar-refractivity contribution >= 4 is 0 Å². The van der Waals surface area contributed by atoms with Crippen molar-refractivity contribution in [1.29, 1.82) is 0 Å². The van der Waals surface area contributed by atoms with Gasteiger partial charge in [-0.2, -0.15) is 13.2 Å². The summed E-state index contributed by atoms with van der Waals surface area (Å²) in [6.45, 7) is 2.68. The Morgan fingerprint density at radius 2 is 1.79 bits per heavy atom. The number of rotatable bonds is 3. The Hall–Kier alpha value is -1.45. The van der Waals surface area contributed by atoms with Crippen LogP contribution in [0.25, 0.3) is 0 Å². The third-order valence-corrected chi connectivity index (χ3v) is 1.57. The van der Waals surface area contributed by atoms with Crippen molar-refractivity contribution in [1.82, 2.24) is 0 Å². The van der Waals surface area contributed by atoms with Gasteiger partial charge in [-0.25, -0.2) is 0 Å². The molecule has 1 aromatic carbocycles. The Morgan fingerprint density at radius 1 is 1.21 bits per heavy atom. The minimum Gasteiger partial charge on any atom is -0.485 e. The lowest BCUT2D eigenvalue weighted by atomic mass is 10.2. The second-order valence-electron chi connectivity index (χ2n) is 2.70. The van der Waals surface area contributed by atoms with Crippen molar-refractivity contribution in [2.45, 2.75) is 12.8 Å². The smallest absolute Gasteiger partial charge is 0.448 e. The highest BCUT2D eigenvalue weighted by Gasteiger charge is 2.33. The number of ether oxygens (including phenoxy) is 1. The van der Waals surface area contributed by atoms with E-state index in [1.54, 1.807) is 30.3 Å². The highest BCUT2D eigenvalue weighted by atomic mass is 19.4. The Labute approximate surface area is 79.8 Å². The second kappa shape index (κ2) is 4.17. The minimum absolute atomic E-state index is 0.112. The predicted molar refractivity (Wildman–Crippen MR) is 46.4 cm³/mol. The molecule has 1 rings (SSSR count). The van der Waals surface area contributed by atoms with Crippen molar-refractivity contribution in [3.63, 3.8) is 0 Å². The number of hydrogen-bond acceptors (Lipinski definition) is 1. The van der Waals surface area contributed by atoms with E-state index in [2.05, 4.69) is 11.3 Å². The highest BCUT2D eigenvalue weighted by Crippen LogP contribution is 2.25. The molecule has 0 N–H and O–H groups in total. The first kappa shape index (κ1) is 10.6. The molecule has 0 unspecified atom stereocenters. The molecule has 0 radical (unpaired) electrons. The van der Waals surface area contributed by atoms with Crippen LogP contribution in [0.15, 0.2) is 42.7 Å². The Kier molecular flexibility index (Phi) is 3.17. The van der Waals surface area contributed by atoms with Gasteiger partial charge >= 0.3 is 6.18 Å². The molecule has 0 aliphatic carbocycles. The lowest BCUT2D eigenvalue weighted by Crippen LogP contribution is -2.13. The molecule has 4 heteroatoms. The standard InChI is InChI=1S/C10H9F3O/c1-8(10(11,12)13)14-7-9-5-3-2-4-6-9/h2-6H,1,7H2. The molecule has 0 fully saturated rings. The molecule has 14 heavy (non-hydrogen) atoms. The van der Waals surface area contributed by atoms with E-state index in [1.807, 2.05) is 0 Å². The van der Waals surface area contributed by atoms with Crippen LogP contribution in [0, 0.1) is 0 Å². The summed E-state index contributed by atoms with van der Waals surface area (Å²) in [4.78, 5) is 0. The van der Waals surface area contributed by atoms with Crippen molar-refractivity contribution in [3.05, 3.63) is 48.2 Å². The molecular weight excluding hydrogens is 193 g/mol. The maximum Gasteiger partial charge on any atom is 0.448 e. The van der Waals surface area contributed by atoms with E-state index >= 15 is 0 Å². The van der Waals surface area contributed by atoms with Crippen molar-refractivity contribution in [3.8, 4) is 0 Å². The Morgan fingerprint density at radius 3 is 2.29 bits per heavy atom. The molecule has 0 spiro atoms. The van der Waals surface area contributed by atoms with Crippen LogP contribution in [0.2, 0.25) is 0 Å². The van der Waals surface area contributed by atoms with Crippen LogP contribution < -0.4 is 0 Å². The summed E-state index contributed by atoms with van der Waals surface area (Å²) in [5.74, 6) is -1.17. The van der Waals surface area contributed by atoms with Crippen LogP contribution in [-0.2, 0) is 11.3 Å². The predicted octanol–water partition coefficient (Wildman–Crippen LogP) is 3.28. The van der Waals surface area contributed by atoms with Crippen molar-refractivity contribution < 1.29 is 17.9 Å². The van der Waals surface area contributed by atoms with E-state index < -0.39 is 11.9 Å². The fourth-order valence-electron chi connectivity index (χ4n) is 0.827. The van der Waals surface area contributed by atoms with E-state index in [-0.39, 0.29) is 6.61 Å². The average Bonchev–Trinajstić information content (AvgIpc) is 2.14. The zero-order valence-corrected chi connectivity index (χ0v) is 7.34. The number of benzene rings is 1. The SMILES string of the molecule is C=C(OCc1ccccc1)C(F)(F)F. The first-order valence-electron chi connectivity index (χ1n) is 3.93. The molecule has 1 aromatic rings. The van der Waals surface area contributed by atoms with Gasteiger partial charge in [0.2, 0.25) is 0 Å². The fourth-order valence-corrected chi connectivity index (χ4v) is 0.827. The summed E-state index contributed by atoms with van der Waals surface area (Å²) in [6.07, 6.45) is -4.48. The fraction of sp³-hybridized carbons (Fsp3) is 0.200. The van der Waals surface area contributed by atoms with E-state index in [0.29, 0.717) is 5.56 Å². The zero-order chi connectivity index (χ0) is 10.6. The van der Waals surface area contributed by atoms with Crippen LogP contribution in [-0.4, -0.2) is 6.18 Å². The lowest BCUT2D eigenvalue weighted by molar-refractivity contribution is -0.132. The average molecular weight is 202 g/mol. The first-order valence-corrected chi connectivity index (χ1v) is 3.93. The van der Waals surface area contributed by atoms with Gasteiger partial charge in [-0.15, -0.1) is 0 Å². The van der Waals surface area contributed by atoms with Gasteiger partial charge in [0.25, 0.3) is 0 Å². The molecule has 0 atom stereocenters. The molecule has 76 valence electrons. The van der Waals surface area contributed by atoms with Gasteiger partial charge in [0.15, 0.2) is 5.76 Å². The highest BCUT2D eigenvalue weighted by molar-refractivity contribution is 5.13.